The van der Waals surface area contributed by atoms with Crippen LogP contribution in [-0.4, -0.2) is 43.0 Å². The number of hydrogen-bond donors (Lipinski definition) is 1. The van der Waals surface area contributed by atoms with Crippen LogP contribution >= 0.6 is 11.6 Å². The average Bonchev–Trinajstić information content (AvgIpc) is 3.25. The number of fused-ring (bicyclic) bond motifs is 2. The van der Waals surface area contributed by atoms with Gasteiger partial charge >= 0.3 is 6.09 Å². The smallest absolute Gasteiger partial charge is 0.414 e. The van der Waals surface area contributed by atoms with Gasteiger partial charge in [-0.15, -0.1) is 0 Å². The molecule has 0 aromatic heterocycles. The predicted molar refractivity (Wildman–Crippen MR) is 114 cm³/mol. The normalized spacial score (nSPS) is 22.1. The molecule has 0 spiro atoms. The molecule has 4 aliphatic heterocycles. The fourth-order valence-corrected chi connectivity index (χ4v) is 6.09. The third kappa shape index (κ3) is 3.39. The summed E-state index contributed by atoms with van der Waals surface area (Å²) in [5.41, 5.74) is 5.76. The van der Waals surface area contributed by atoms with Crippen LogP contribution in [0.5, 0.6) is 0 Å². The number of benzene rings is 1. The predicted octanol–water partition coefficient (Wildman–Crippen LogP) is 2.82. The molecule has 1 aromatic carbocycles. The van der Waals surface area contributed by atoms with Gasteiger partial charge in [0, 0.05) is 24.7 Å². The summed E-state index contributed by atoms with van der Waals surface area (Å²) in [5.74, 6) is 0. The first-order valence-electron chi connectivity index (χ1n) is 9.92. The standard InChI is InChI=1S/C20H21ClN4O5S/c1-13-2-3-16-14(10-13)12-29-20(26)24(16)15-6-8-23(9-7-15)31(27,28)18-4-5-19(21)25-17(18)11-22-30-25/h2-5,10-11,15,22H,6-9,12H2,1H3. The van der Waals surface area contributed by atoms with Gasteiger partial charge in [0.15, 0.2) is 0 Å². The number of nitrogens with zero attached hydrogens (tertiary/aromatic N) is 3. The van der Waals surface area contributed by atoms with Gasteiger partial charge in [-0.1, -0.05) is 29.3 Å². The maximum Gasteiger partial charge on any atom is 0.414 e. The van der Waals surface area contributed by atoms with Crippen molar-refractivity contribution in [2.24, 2.45) is 0 Å². The van der Waals surface area contributed by atoms with Crippen molar-refractivity contribution >= 4 is 33.4 Å². The Morgan fingerprint density at radius 1 is 1.19 bits per heavy atom. The van der Waals surface area contributed by atoms with Crippen molar-refractivity contribution in [3.8, 4) is 0 Å². The van der Waals surface area contributed by atoms with E-state index in [1.54, 1.807) is 4.90 Å². The summed E-state index contributed by atoms with van der Waals surface area (Å²) >= 11 is 6.07. The van der Waals surface area contributed by atoms with E-state index >= 15 is 0 Å². The van der Waals surface area contributed by atoms with Crippen LogP contribution in [0.1, 0.15) is 24.0 Å². The van der Waals surface area contributed by atoms with Crippen LogP contribution in [-0.2, 0) is 26.3 Å². The minimum Gasteiger partial charge on any atom is -0.444 e. The maximum absolute atomic E-state index is 13.3. The van der Waals surface area contributed by atoms with Gasteiger partial charge in [-0.05, 0) is 38.0 Å². The zero-order chi connectivity index (χ0) is 21.8. The molecule has 0 bridgehead atoms. The maximum atomic E-state index is 13.3. The lowest BCUT2D eigenvalue weighted by molar-refractivity contribution is -0.117. The number of piperidine rings is 1. The van der Waals surface area contributed by atoms with Crippen LogP contribution in [0.2, 0.25) is 0 Å². The molecule has 1 saturated heterocycles. The fourth-order valence-electron chi connectivity index (χ4n) is 4.29. The number of anilines is 1. The molecule has 4 heterocycles. The Morgan fingerprint density at radius 2 is 1.97 bits per heavy atom. The van der Waals surface area contributed by atoms with Gasteiger partial charge in [-0.2, -0.15) is 14.3 Å². The highest BCUT2D eigenvalue weighted by molar-refractivity contribution is 7.93. The summed E-state index contributed by atoms with van der Waals surface area (Å²) in [6, 6.07) is 5.78. The molecule has 1 aromatic rings. The molecule has 1 fully saturated rings. The Labute approximate surface area is 185 Å². The van der Waals surface area contributed by atoms with Crippen molar-refractivity contribution in [3.05, 3.63) is 63.4 Å². The van der Waals surface area contributed by atoms with Crippen molar-refractivity contribution in [2.45, 2.75) is 32.4 Å². The van der Waals surface area contributed by atoms with Gasteiger partial charge in [-0.3, -0.25) is 4.90 Å². The molecule has 11 heteroatoms. The highest BCUT2D eigenvalue weighted by Crippen LogP contribution is 2.37. The lowest BCUT2D eigenvalue weighted by atomic mass is 10.0. The van der Waals surface area contributed by atoms with Crippen molar-refractivity contribution in [2.75, 3.05) is 18.0 Å². The number of halogens is 1. The first-order chi connectivity index (χ1) is 14.9. The van der Waals surface area contributed by atoms with Crippen LogP contribution in [0.3, 0.4) is 0 Å². The second kappa shape index (κ2) is 7.56. The number of aryl methyl sites for hydroxylation is 1. The molecule has 31 heavy (non-hydrogen) atoms. The number of ether oxygens (including phenoxy) is 1. The summed E-state index contributed by atoms with van der Waals surface area (Å²) < 4.78 is 33.4. The Bertz CT molecular complexity index is 1140. The Kier molecular flexibility index (Phi) is 4.97. The largest absolute Gasteiger partial charge is 0.444 e. The molecule has 4 aliphatic rings. The molecule has 1 N–H and O–H groups in total. The van der Waals surface area contributed by atoms with Crippen molar-refractivity contribution in [1.29, 1.82) is 0 Å². The van der Waals surface area contributed by atoms with Crippen LogP contribution in [0.4, 0.5) is 10.5 Å². The van der Waals surface area contributed by atoms with Crippen molar-refractivity contribution in [1.82, 2.24) is 14.8 Å². The van der Waals surface area contributed by atoms with Crippen LogP contribution in [0.25, 0.3) is 0 Å². The number of cyclic esters (lactones) is 1. The molecule has 5 rings (SSSR count). The van der Waals surface area contributed by atoms with Gasteiger partial charge in [0.05, 0.1) is 11.9 Å². The summed E-state index contributed by atoms with van der Waals surface area (Å²) in [5, 5.41) is 1.48. The van der Waals surface area contributed by atoms with Crippen LogP contribution in [0.15, 0.2) is 52.3 Å². The third-order valence-electron chi connectivity index (χ3n) is 5.83. The van der Waals surface area contributed by atoms with E-state index in [0.29, 0.717) is 18.5 Å². The zero-order valence-electron chi connectivity index (χ0n) is 16.7. The lowest BCUT2D eigenvalue weighted by Crippen LogP contribution is -2.50. The first-order valence-corrected chi connectivity index (χ1v) is 11.7. The highest BCUT2D eigenvalue weighted by atomic mass is 35.5. The molecule has 0 aliphatic carbocycles. The summed E-state index contributed by atoms with van der Waals surface area (Å²) in [6.07, 6.45) is 5.03. The monoisotopic (exact) mass is 464 g/mol. The van der Waals surface area contributed by atoms with Crippen molar-refractivity contribution in [3.63, 3.8) is 0 Å². The SMILES string of the molecule is Cc1ccc2c(c1)COC(=O)N2C1CCN(S(=O)(=O)C2=CC=C(Cl)N3ONC=C23)CC1. The molecule has 0 saturated carbocycles. The second-order valence-electron chi connectivity index (χ2n) is 7.75. The highest BCUT2D eigenvalue weighted by Gasteiger charge is 2.40. The molecular weight excluding hydrogens is 444 g/mol. The number of carbonyl (C=O) groups is 1. The molecule has 164 valence electrons. The molecule has 9 nitrogen and oxygen atoms in total. The molecular formula is C20H21ClN4O5S. The number of allylic oxidation sites excluding steroid dienone is 2. The summed E-state index contributed by atoms with van der Waals surface area (Å²) in [6.45, 7) is 2.82. The minimum atomic E-state index is -3.77. The zero-order valence-corrected chi connectivity index (χ0v) is 18.3. The molecule has 0 unspecified atom stereocenters. The van der Waals surface area contributed by atoms with Crippen molar-refractivity contribution < 1.29 is 22.9 Å². The Morgan fingerprint density at radius 3 is 2.74 bits per heavy atom. The van der Waals surface area contributed by atoms with E-state index in [9.17, 15) is 13.2 Å². The number of hydroxylamine groups is 3. The Hall–Kier alpha value is -2.53. The summed E-state index contributed by atoms with van der Waals surface area (Å²) in [7, 11) is -3.77. The van der Waals surface area contributed by atoms with Gasteiger partial charge in [0.1, 0.15) is 22.4 Å². The number of hydrogen-bond acceptors (Lipinski definition) is 7. The third-order valence-corrected chi connectivity index (χ3v) is 8.05. The van der Waals surface area contributed by atoms with E-state index in [2.05, 4.69) is 5.48 Å². The van der Waals surface area contributed by atoms with E-state index in [0.717, 1.165) is 16.8 Å². The topological polar surface area (TPSA) is 91.4 Å². The molecule has 0 radical (unpaired) electrons. The van der Waals surface area contributed by atoms with E-state index in [1.807, 2.05) is 25.1 Å². The molecule has 0 atom stereocenters. The van der Waals surface area contributed by atoms with Gasteiger partial charge < -0.3 is 4.74 Å². The van der Waals surface area contributed by atoms with E-state index in [4.69, 9.17) is 21.3 Å². The number of amides is 1. The quantitative estimate of drug-likeness (QED) is 0.688. The minimum absolute atomic E-state index is 0.110. The fraction of sp³-hybridized carbons (Fsp3) is 0.350. The second-order valence-corrected chi connectivity index (χ2v) is 10.0. The number of carbonyl (C=O) groups excluding carboxylic acids is 1. The van der Waals surface area contributed by atoms with E-state index < -0.39 is 10.0 Å². The lowest BCUT2D eigenvalue weighted by Gasteiger charge is -2.40. The average molecular weight is 465 g/mol. The van der Waals surface area contributed by atoms with E-state index in [1.165, 1.54) is 27.7 Å². The van der Waals surface area contributed by atoms with Gasteiger partial charge in [0.25, 0.3) is 0 Å². The van der Waals surface area contributed by atoms with Gasteiger partial charge in [-0.25, -0.2) is 18.7 Å². The number of rotatable bonds is 3. The van der Waals surface area contributed by atoms with Gasteiger partial charge in [0.2, 0.25) is 10.0 Å². The Balaban J connectivity index is 1.35. The van der Waals surface area contributed by atoms with E-state index in [-0.39, 0.29) is 41.9 Å². The number of nitrogens with one attached hydrogen (secondary N) is 1. The molecule has 1 amide bonds. The van der Waals surface area contributed by atoms with Crippen LogP contribution in [0, 0.1) is 6.92 Å². The first kappa shape index (κ1) is 20.4. The number of sulfonamides is 1. The van der Waals surface area contributed by atoms with Crippen LogP contribution < -0.4 is 10.4 Å². The summed E-state index contributed by atoms with van der Waals surface area (Å²) in [4.78, 5) is 19.5.